The van der Waals surface area contributed by atoms with Gasteiger partial charge in [-0.25, -0.2) is 0 Å². The fraction of sp³-hybridized carbons (Fsp3) is 0.500. The van der Waals surface area contributed by atoms with Gasteiger partial charge in [0.15, 0.2) is 11.5 Å². The number of fused-ring (bicyclic) bond motifs is 2. The summed E-state index contributed by atoms with van der Waals surface area (Å²) in [6.07, 6.45) is 4.58. The standard InChI is InChI=1S/C24H28N2O4S/c1-15-6-8-26(9-7-15)24(28)22-12-18-11-17(3-5-21(18)31-22)23(27)25-13-16-2-4-19-20(10-16)30-14-29-19/h2,4,10,12,15,17H,3,5-9,11,13-14H2,1H3,(H,25,27)/t17-/m0/s1. The summed E-state index contributed by atoms with van der Waals surface area (Å²) in [4.78, 5) is 29.8. The molecular weight excluding hydrogens is 412 g/mol. The molecule has 6 nitrogen and oxygen atoms in total. The van der Waals surface area contributed by atoms with Crippen molar-refractivity contribution < 1.29 is 19.1 Å². The number of piperidine rings is 1. The first-order valence-electron chi connectivity index (χ1n) is 11.1. The van der Waals surface area contributed by atoms with Crippen LogP contribution in [0.3, 0.4) is 0 Å². The molecule has 0 unspecified atom stereocenters. The molecule has 0 spiro atoms. The smallest absolute Gasteiger partial charge is 0.263 e. The predicted molar refractivity (Wildman–Crippen MR) is 119 cm³/mol. The molecule has 0 saturated carbocycles. The van der Waals surface area contributed by atoms with Gasteiger partial charge in [-0.2, -0.15) is 0 Å². The lowest BCUT2D eigenvalue weighted by molar-refractivity contribution is -0.125. The molecule has 164 valence electrons. The van der Waals surface area contributed by atoms with Gasteiger partial charge in [-0.15, -0.1) is 11.3 Å². The largest absolute Gasteiger partial charge is 0.454 e. The second-order valence-corrected chi connectivity index (χ2v) is 10.0. The Morgan fingerprint density at radius 2 is 1.94 bits per heavy atom. The number of carbonyl (C=O) groups is 2. The van der Waals surface area contributed by atoms with Crippen molar-refractivity contribution in [2.45, 2.75) is 45.6 Å². The van der Waals surface area contributed by atoms with Crippen molar-refractivity contribution >= 4 is 23.2 Å². The van der Waals surface area contributed by atoms with Crippen molar-refractivity contribution in [3.63, 3.8) is 0 Å². The highest BCUT2D eigenvalue weighted by Crippen LogP contribution is 2.34. The number of nitrogens with one attached hydrogen (secondary N) is 1. The molecule has 3 heterocycles. The monoisotopic (exact) mass is 440 g/mol. The van der Waals surface area contributed by atoms with Gasteiger partial charge in [0.2, 0.25) is 12.7 Å². The lowest BCUT2D eigenvalue weighted by atomic mass is 9.87. The Bertz CT molecular complexity index is 993. The molecule has 1 fully saturated rings. The number of thiophene rings is 1. The van der Waals surface area contributed by atoms with Crippen molar-refractivity contribution in [2.75, 3.05) is 19.9 Å². The molecule has 1 aromatic heterocycles. The number of nitrogens with zero attached hydrogens (tertiary/aromatic N) is 1. The predicted octanol–water partition coefficient (Wildman–Crippen LogP) is 3.77. The topological polar surface area (TPSA) is 67.9 Å². The highest BCUT2D eigenvalue weighted by atomic mass is 32.1. The Balaban J connectivity index is 1.18. The van der Waals surface area contributed by atoms with Crippen LogP contribution in [-0.2, 0) is 24.2 Å². The molecule has 0 bridgehead atoms. The zero-order chi connectivity index (χ0) is 21.4. The number of rotatable bonds is 4. The maximum Gasteiger partial charge on any atom is 0.263 e. The van der Waals surface area contributed by atoms with Crippen molar-refractivity contribution in [3.05, 3.63) is 45.1 Å². The van der Waals surface area contributed by atoms with Gasteiger partial charge in [0, 0.05) is 30.4 Å². The van der Waals surface area contributed by atoms with Crippen LogP contribution in [0.1, 0.15) is 51.9 Å². The summed E-state index contributed by atoms with van der Waals surface area (Å²) < 4.78 is 10.7. The van der Waals surface area contributed by atoms with E-state index in [9.17, 15) is 9.59 Å². The Kier molecular flexibility index (Phi) is 5.61. The van der Waals surface area contributed by atoms with E-state index in [1.807, 2.05) is 29.2 Å². The Morgan fingerprint density at radius 3 is 2.77 bits per heavy atom. The van der Waals surface area contributed by atoms with Gasteiger partial charge in [-0.1, -0.05) is 13.0 Å². The quantitative estimate of drug-likeness (QED) is 0.786. The van der Waals surface area contributed by atoms with Crippen LogP contribution in [-0.4, -0.2) is 36.6 Å². The Hall–Kier alpha value is -2.54. The maximum absolute atomic E-state index is 12.9. The van der Waals surface area contributed by atoms with Crippen LogP contribution in [0.25, 0.3) is 0 Å². The van der Waals surface area contributed by atoms with E-state index >= 15 is 0 Å². The number of aryl methyl sites for hydroxylation is 1. The normalized spacial score (nSPS) is 20.4. The molecule has 1 aliphatic carbocycles. The lowest BCUT2D eigenvalue weighted by Gasteiger charge is -2.29. The third-order valence-corrected chi connectivity index (χ3v) is 7.86. The summed E-state index contributed by atoms with van der Waals surface area (Å²) in [5, 5.41) is 3.07. The molecular formula is C24H28N2O4S. The first-order chi connectivity index (χ1) is 15.1. The van der Waals surface area contributed by atoms with Crippen LogP contribution >= 0.6 is 11.3 Å². The summed E-state index contributed by atoms with van der Waals surface area (Å²) in [6.45, 7) is 4.68. The van der Waals surface area contributed by atoms with Crippen LogP contribution in [0.15, 0.2) is 24.3 Å². The zero-order valence-electron chi connectivity index (χ0n) is 17.8. The summed E-state index contributed by atoms with van der Waals surface area (Å²) in [6, 6.07) is 7.78. The van der Waals surface area contributed by atoms with E-state index in [1.54, 1.807) is 11.3 Å². The van der Waals surface area contributed by atoms with Crippen molar-refractivity contribution in [3.8, 4) is 11.5 Å². The van der Waals surface area contributed by atoms with Gasteiger partial charge in [0.05, 0.1) is 4.88 Å². The Morgan fingerprint density at radius 1 is 1.13 bits per heavy atom. The third kappa shape index (κ3) is 4.28. The first kappa shape index (κ1) is 20.4. The highest BCUT2D eigenvalue weighted by molar-refractivity contribution is 7.14. The average molecular weight is 441 g/mol. The summed E-state index contributed by atoms with van der Waals surface area (Å²) in [5.41, 5.74) is 2.17. The molecule has 5 rings (SSSR count). The molecule has 7 heteroatoms. The highest BCUT2D eigenvalue weighted by Gasteiger charge is 2.29. The summed E-state index contributed by atoms with van der Waals surface area (Å²) in [5.74, 6) is 2.37. The summed E-state index contributed by atoms with van der Waals surface area (Å²) in [7, 11) is 0. The number of hydrogen-bond acceptors (Lipinski definition) is 5. The molecule has 2 amide bonds. The minimum atomic E-state index is -0.0464. The third-order valence-electron chi connectivity index (χ3n) is 6.64. The van der Waals surface area contributed by atoms with Crippen molar-refractivity contribution in [1.29, 1.82) is 0 Å². The number of ether oxygens (including phenoxy) is 2. The molecule has 1 aromatic carbocycles. The van der Waals surface area contributed by atoms with Crippen molar-refractivity contribution in [1.82, 2.24) is 10.2 Å². The minimum absolute atomic E-state index is 0.0464. The first-order valence-corrected chi connectivity index (χ1v) is 12.0. The molecule has 2 aliphatic heterocycles. The SMILES string of the molecule is CC1CCN(C(=O)c2cc3c(s2)CC[C@H](C(=O)NCc2ccc4c(c2)OCO4)C3)CC1. The van der Waals surface area contributed by atoms with Crippen LogP contribution in [0.4, 0.5) is 0 Å². The Labute approximate surface area is 186 Å². The average Bonchev–Trinajstić information content (AvgIpc) is 3.43. The number of likely N-dealkylation sites (tertiary alicyclic amines) is 1. The maximum atomic E-state index is 12.9. The fourth-order valence-corrected chi connectivity index (χ4v) is 5.78. The molecule has 1 atom stereocenters. The minimum Gasteiger partial charge on any atom is -0.454 e. The fourth-order valence-electron chi connectivity index (χ4n) is 4.60. The second-order valence-electron chi connectivity index (χ2n) is 8.88. The van der Waals surface area contributed by atoms with Gasteiger partial charge in [-0.3, -0.25) is 9.59 Å². The number of benzene rings is 1. The van der Waals surface area contributed by atoms with Crippen LogP contribution in [0.5, 0.6) is 11.5 Å². The van der Waals surface area contributed by atoms with Crippen LogP contribution < -0.4 is 14.8 Å². The van der Waals surface area contributed by atoms with Gasteiger partial charge < -0.3 is 19.7 Å². The van der Waals surface area contributed by atoms with E-state index in [2.05, 4.69) is 12.2 Å². The number of carbonyl (C=O) groups excluding carboxylic acids is 2. The number of hydrogen-bond donors (Lipinski definition) is 1. The molecule has 3 aliphatic rings. The zero-order valence-corrected chi connectivity index (χ0v) is 18.6. The number of amides is 2. The second kappa shape index (κ2) is 8.54. The van der Waals surface area contributed by atoms with Gasteiger partial charge in [0.25, 0.3) is 5.91 Å². The van der Waals surface area contributed by atoms with Gasteiger partial charge in [-0.05, 0) is 67.3 Å². The molecule has 31 heavy (non-hydrogen) atoms. The van der Waals surface area contributed by atoms with Crippen LogP contribution in [0.2, 0.25) is 0 Å². The van der Waals surface area contributed by atoms with E-state index in [-0.39, 0.29) is 24.5 Å². The van der Waals surface area contributed by atoms with Gasteiger partial charge >= 0.3 is 0 Å². The molecule has 1 saturated heterocycles. The van der Waals surface area contributed by atoms with E-state index in [1.165, 1.54) is 10.4 Å². The lowest BCUT2D eigenvalue weighted by Crippen LogP contribution is -2.37. The van der Waals surface area contributed by atoms with E-state index < -0.39 is 0 Å². The van der Waals surface area contributed by atoms with E-state index in [4.69, 9.17) is 9.47 Å². The van der Waals surface area contributed by atoms with Crippen molar-refractivity contribution in [2.24, 2.45) is 11.8 Å². The van der Waals surface area contributed by atoms with Gasteiger partial charge in [0.1, 0.15) is 0 Å². The molecule has 1 N–H and O–H groups in total. The van der Waals surface area contributed by atoms with E-state index in [0.29, 0.717) is 18.9 Å². The van der Waals surface area contributed by atoms with E-state index in [0.717, 1.165) is 60.7 Å². The molecule has 2 aromatic rings. The van der Waals surface area contributed by atoms with Crippen LogP contribution in [0, 0.1) is 11.8 Å². The molecule has 0 radical (unpaired) electrons. The summed E-state index contributed by atoms with van der Waals surface area (Å²) >= 11 is 1.62.